The van der Waals surface area contributed by atoms with E-state index in [1.807, 2.05) is 4.90 Å². The first-order chi connectivity index (χ1) is 9.19. The molecule has 0 bridgehead atoms. The summed E-state index contributed by atoms with van der Waals surface area (Å²) in [6.07, 6.45) is 2.12. The number of ether oxygens (including phenoxy) is 1. The highest BCUT2D eigenvalue weighted by atomic mass is 35.5. The van der Waals surface area contributed by atoms with E-state index in [1.165, 1.54) is 0 Å². The van der Waals surface area contributed by atoms with Crippen molar-refractivity contribution in [2.75, 3.05) is 25.6 Å². The van der Waals surface area contributed by atoms with Crippen LogP contribution in [0.3, 0.4) is 0 Å². The number of alkyl halides is 1. The van der Waals surface area contributed by atoms with Gasteiger partial charge >= 0.3 is 0 Å². The maximum atomic E-state index is 12.0. The summed E-state index contributed by atoms with van der Waals surface area (Å²) in [4.78, 5) is 13.9. The van der Waals surface area contributed by atoms with E-state index in [4.69, 9.17) is 27.9 Å². The summed E-state index contributed by atoms with van der Waals surface area (Å²) in [5.41, 5.74) is 0. The second-order valence-electron chi connectivity index (χ2n) is 4.74. The van der Waals surface area contributed by atoms with Gasteiger partial charge in [-0.05, 0) is 43.0 Å². The molecule has 1 fully saturated rings. The minimum absolute atomic E-state index is 0.0183. The number of hydrogen-bond donors (Lipinski definition) is 0. The average molecular weight is 302 g/mol. The van der Waals surface area contributed by atoms with Crippen molar-refractivity contribution in [3.05, 3.63) is 29.3 Å². The Morgan fingerprint density at radius 3 is 2.79 bits per heavy atom. The number of likely N-dealkylation sites (tertiary alicyclic amines) is 1. The van der Waals surface area contributed by atoms with Gasteiger partial charge in [0.1, 0.15) is 5.75 Å². The molecule has 1 saturated heterocycles. The van der Waals surface area contributed by atoms with E-state index in [1.54, 1.807) is 24.3 Å². The average Bonchev–Trinajstić information content (AvgIpc) is 2.46. The Bertz CT molecular complexity index is 422. The standard InChI is InChI=1S/C14H17Cl2NO2/c15-8-11-2-1-7-17(9-11)14(18)10-19-13-5-3-12(16)4-6-13/h3-6,11H,1-2,7-10H2. The second kappa shape index (κ2) is 7.01. The Morgan fingerprint density at radius 2 is 2.11 bits per heavy atom. The molecule has 1 amide bonds. The van der Waals surface area contributed by atoms with Crippen molar-refractivity contribution in [2.24, 2.45) is 5.92 Å². The molecule has 5 heteroatoms. The molecule has 1 aliphatic heterocycles. The third-order valence-electron chi connectivity index (χ3n) is 3.27. The van der Waals surface area contributed by atoms with E-state index in [9.17, 15) is 4.79 Å². The van der Waals surface area contributed by atoms with Crippen molar-refractivity contribution in [1.82, 2.24) is 4.90 Å². The van der Waals surface area contributed by atoms with Gasteiger partial charge in [0.2, 0.25) is 0 Å². The van der Waals surface area contributed by atoms with E-state index in [0.717, 1.165) is 25.9 Å². The van der Waals surface area contributed by atoms with Crippen molar-refractivity contribution in [3.63, 3.8) is 0 Å². The number of piperidine rings is 1. The monoisotopic (exact) mass is 301 g/mol. The topological polar surface area (TPSA) is 29.5 Å². The van der Waals surface area contributed by atoms with Crippen LogP contribution < -0.4 is 4.74 Å². The minimum atomic E-state index is 0.0183. The molecule has 0 aromatic heterocycles. The van der Waals surface area contributed by atoms with Gasteiger partial charge in [-0.2, -0.15) is 0 Å². The van der Waals surface area contributed by atoms with Gasteiger partial charge in [-0.25, -0.2) is 0 Å². The molecule has 0 saturated carbocycles. The van der Waals surface area contributed by atoms with Gasteiger partial charge in [-0.1, -0.05) is 11.6 Å². The van der Waals surface area contributed by atoms with Gasteiger partial charge in [0, 0.05) is 24.0 Å². The summed E-state index contributed by atoms with van der Waals surface area (Å²) < 4.78 is 5.46. The lowest BCUT2D eigenvalue weighted by atomic mass is 10.0. The fraction of sp³-hybridized carbons (Fsp3) is 0.500. The summed E-state index contributed by atoms with van der Waals surface area (Å²) in [6, 6.07) is 7.00. The zero-order valence-corrected chi connectivity index (χ0v) is 12.2. The number of carbonyl (C=O) groups is 1. The van der Waals surface area contributed by atoms with E-state index >= 15 is 0 Å². The number of benzene rings is 1. The Hall–Kier alpha value is -0.930. The molecule has 0 N–H and O–H groups in total. The van der Waals surface area contributed by atoms with Crippen molar-refractivity contribution in [3.8, 4) is 5.75 Å². The van der Waals surface area contributed by atoms with E-state index < -0.39 is 0 Å². The highest BCUT2D eigenvalue weighted by molar-refractivity contribution is 6.30. The molecule has 104 valence electrons. The van der Waals surface area contributed by atoms with Crippen LogP contribution in [0.25, 0.3) is 0 Å². The summed E-state index contributed by atoms with van der Waals surface area (Å²) in [5, 5.41) is 0.652. The van der Waals surface area contributed by atoms with E-state index in [-0.39, 0.29) is 12.5 Å². The molecule has 19 heavy (non-hydrogen) atoms. The number of hydrogen-bond acceptors (Lipinski definition) is 2. The Labute approximate surface area is 123 Å². The van der Waals surface area contributed by atoms with Crippen LogP contribution in [-0.4, -0.2) is 36.4 Å². The SMILES string of the molecule is O=C(COc1ccc(Cl)cc1)N1CCCC(CCl)C1. The maximum absolute atomic E-state index is 12.0. The fourth-order valence-corrected chi connectivity index (χ4v) is 2.56. The Kier molecular flexibility index (Phi) is 5.34. The van der Waals surface area contributed by atoms with Crippen LogP contribution in [-0.2, 0) is 4.79 Å². The molecule has 2 rings (SSSR count). The molecule has 1 atom stereocenters. The largest absolute Gasteiger partial charge is 0.484 e. The predicted molar refractivity (Wildman–Crippen MR) is 77.0 cm³/mol. The van der Waals surface area contributed by atoms with Gasteiger partial charge in [-0.3, -0.25) is 4.79 Å². The van der Waals surface area contributed by atoms with Crippen LogP contribution in [0.4, 0.5) is 0 Å². The number of halogens is 2. The Morgan fingerprint density at radius 1 is 1.37 bits per heavy atom. The molecular weight excluding hydrogens is 285 g/mol. The normalized spacial score (nSPS) is 19.3. The van der Waals surface area contributed by atoms with Gasteiger partial charge in [0.05, 0.1) is 0 Å². The first kappa shape index (κ1) is 14.5. The molecule has 1 aromatic rings. The van der Waals surface area contributed by atoms with Crippen molar-refractivity contribution in [1.29, 1.82) is 0 Å². The molecule has 0 radical (unpaired) electrons. The van der Waals surface area contributed by atoms with Crippen molar-refractivity contribution >= 4 is 29.1 Å². The summed E-state index contributed by atoms with van der Waals surface area (Å²) in [6.45, 7) is 1.61. The number of nitrogens with zero attached hydrogens (tertiary/aromatic N) is 1. The Balaban J connectivity index is 1.82. The molecule has 1 aromatic carbocycles. The first-order valence-corrected chi connectivity index (χ1v) is 7.32. The minimum Gasteiger partial charge on any atom is -0.484 e. The van der Waals surface area contributed by atoms with Crippen molar-refractivity contribution < 1.29 is 9.53 Å². The van der Waals surface area contributed by atoms with Gasteiger partial charge in [0.25, 0.3) is 5.91 Å². The quantitative estimate of drug-likeness (QED) is 0.799. The van der Waals surface area contributed by atoms with Crippen LogP contribution in [0.5, 0.6) is 5.75 Å². The zero-order chi connectivity index (χ0) is 13.7. The van der Waals surface area contributed by atoms with E-state index in [2.05, 4.69) is 0 Å². The summed E-state index contributed by atoms with van der Waals surface area (Å²) in [7, 11) is 0. The highest BCUT2D eigenvalue weighted by Gasteiger charge is 2.23. The lowest BCUT2D eigenvalue weighted by molar-refractivity contribution is -0.135. The molecule has 0 spiro atoms. The molecule has 1 unspecified atom stereocenters. The smallest absolute Gasteiger partial charge is 0.260 e. The molecular formula is C14H17Cl2NO2. The zero-order valence-electron chi connectivity index (χ0n) is 10.6. The maximum Gasteiger partial charge on any atom is 0.260 e. The predicted octanol–water partition coefficient (Wildman–Crippen LogP) is 3.20. The number of rotatable bonds is 4. The lowest BCUT2D eigenvalue weighted by Gasteiger charge is -2.31. The molecule has 3 nitrogen and oxygen atoms in total. The first-order valence-electron chi connectivity index (χ1n) is 6.41. The molecule has 1 heterocycles. The molecule has 1 aliphatic rings. The van der Waals surface area contributed by atoms with Gasteiger partial charge in [0.15, 0.2) is 6.61 Å². The number of amides is 1. The molecule has 0 aliphatic carbocycles. The number of carbonyl (C=O) groups excluding carboxylic acids is 1. The van der Waals surface area contributed by atoms with Crippen molar-refractivity contribution in [2.45, 2.75) is 12.8 Å². The summed E-state index contributed by atoms with van der Waals surface area (Å²) in [5.74, 6) is 1.70. The van der Waals surface area contributed by atoms with Crippen LogP contribution in [0.2, 0.25) is 5.02 Å². The summed E-state index contributed by atoms with van der Waals surface area (Å²) >= 11 is 11.6. The van der Waals surface area contributed by atoms with Gasteiger partial charge < -0.3 is 9.64 Å². The fourth-order valence-electron chi connectivity index (χ4n) is 2.18. The van der Waals surface area contributed by atoms with Crippen LogP contribution >= 0.6 is 23.2 Å². The highest BCUT2D eigenvalue weighted by Crippen LogP contribution is 2.19. The van der Waals surface area contributed by atoms with Crippen LogP contribution in [0.15, 0.2) is 24.3 Å². The van der Waals surface area contributed by atoms with Gasteiger partial charge in [-0.15, -0.1) is 11.6 Å². The third-order valence-corrected chi connectivity index (χ3v) is 3.95. The van der Waals surface area contributed by atoms with Crippen LogP contribution in [0.1, 0.15) is 12.8 Å². The lowest BCUT2D eigenvalue weighted by Crippen LogP contribution is -2.42. The van der Waals surface area contributed by atoms with E-state index in [0.29, 0.717) is 22.6 Å². The van der Waals surface area contributed by atoms with Crippen LogP contribution in [0, 0.1) is 5.92 Å². The second-order valence-corrected chi connectivity index (χ2v) is 5.49. The third kappa shape index (κ3) is 4.29.